The summed E-state index contributed by atoms with van der Waals surface area (Å²) < 4.78 is 5.47. The first kappa shape index (κ1) is 10.5. The fraction of sp³-hybridized carbons (Fsp3) is 0.917. The van der Waals surface area contributed by atoms with Crippen LogP contribution in [0.15, 0.2) is 0 Å². The molecule has 1 spiro atoms. The zero-order valence-corrected chi connectivity index (χ0v) is 9.87. The average molecular weight is 224 g/mol. The summed E-state index contributed by atoms with van der Waals surface area (Å²) in [5, 5.41) is 3.43. The highest BCUT2D eigenvalue weighted by atomic mass is 16.5. The molecule has 2 unspecified atom stereocenters. The summed E-state index contributed by atoms with van der Waals surface area (Å²) in [6, 6.07) is 0. The van der Waals surface area contributed by atoms with E-state index in [1.54, 1.807) is 0 Å². The number of amides is 1. The Kier molecular flexibility index (Phi) is 2.44. The van der Waals surface area contributed by atoms with E-state index >= 15 is 0 Å². The number of carbonyl (C=O) groups is 1. The van der Waals surface area contributed by atoms with Crippen molar-refractivity contribution < 1.29 is 9.53 Å². The third kappa shape index (κ3) is 1.64. The second-order valence-corrected chi connectivity index (χ2v) is 5.44. The zero-order valence-electron chi connectivity index (χ0n) is 9.87. The molecule has 90 valence electrons. The normalized spacial score (nSPS) is 37.1. The number of nitrogens with one attached hydrogen (secondary N) is 1. The van der Waals surface area contributed by atoms with Crippen molar-refractivity contribution in [3.05, 3.63) is 0 Å². The first-order chi connectivity index (χ1) is 7.71. The van der Waals surface area contributed by atoms with E-state index < -0.39 is 0 Å². The van der Waals surface area contributed by atoms with Crippen LogP contribution in [0.3, 0.4) is 0 Å². The highest BCUT2D eigenvalue weighted by molar-refractivity contribution is 5.91. The van der Waals surface area contributed by atoms with Gasteiger partial charge < -0.3 is 9.64 Å². The van der Waals surface area contributed by atoms with E-state index in [0.717, 1.165) is 39.0 Å². The van der Waals surface area contributed by atoms with Crippen LogP contribution in [0.4, 0.5) is 0 Å². The van der Waals surface area contributed by atoms with E-state index in [9.17, 15) is 4.79 Å². The van der Waals surface area contributed by atoms with Crippen molar-refractivity contribution in [1.29, 1.82) is 0 Å². The highest BCUT2D eigenvalue weighted by Crippen LogP contribution is 2.42. The van der Waals surface area contributed by atoms with Gasteiger partial charge in [-0.05, 0) is 32.6 Å². The van der Waals surface area contributed by atoms with Crippen molar-refractivity contribution in [3.63, 3.8) is 0 Å². The van der Waals surface area contributed by atoms with E-state index in [-0.39, 0.29) is 11.7 Å². The minimum absolute atomic E-state index is 0.158. The maximum Gasteiger partial charge on any atom is 0.244 e. The SMILES string of the molecule is CC1NC2(CC2)C(=O)N1CC1CCCOC1. The second kappa shape index (κ2) is 3.70. The Morgan fingerprint density at radius 1 is 1.56 bits per heavy atom. The molecule has 4 heteroatoms. The molecular weight excluding hydrogens is 204 g/mol. The van der Waals surface area contributed by atoms with Gasteiger partial charge in [0.2, 0.25) is 5.91 Å². The van der Waals surface area contributed by atoms with Crippen LogP contribution in [0.1, 0.15) is 32.6 Å². The summed E-state index contributed by atoms with van der Waals surface area (Å²) in [6.07, 6.45) is 4.59. The highest BCUT2D eigenvalue weighted by Gasteiger charge is 2.58. The number of ether oxygens (including phenoxy) is 1. The summed E-state index contributed by atoms with van der Waals surface area (Å²) in [6.45, 7) is 4.68. The molecule has 1 saturated carbocycles. The molecule has 1 amide bonds. The molecule has 0 radical (unpaired) electrons. The Hall–Kier alpha value is -0.610. The molecule has 2 atom stereocenters. The molecule has 3 fully saturated rings. The van der Waals surface area contributed by atoms with E-state index in [4.69, 9.17) is 4.74 Å². The number of carbonyl (C=O) groups excluding carboxylic acids is 1. The van der Waals surface area contributed by atoms with Crippen LogP contribution < -0.4 is 5.32 Å². The molecule has 3 rings (SSSR count). The molecule has 2 heterocycles. The van der Waals surface area contributed by atoms with Crippen molar-refractivity contribution >= 4 is 5.91 Å². The third-order valence-electron chi connectivity index (χ3n) is 4.08. The zero-order chi connectivity index (χ0) is 11.2. The lowest BCUT2D eigenvalue weighted by molar-refractivity contribution is -0.131. The molecule has 4 nitrogen and oxygen atoms in total. The van der Waals surface area contributed by atoms with E-state index in [1.807, 2.05) is 4.90 Å². The number of nitrogens with zero attached hydrogens (tertiary/aromatic N) is 1. The Bertz CT molecular complexity index is 295. The Morgan fingerprint density at radius 3 is 2.94 bits per heavy atom. The smallest absolute Gasteiger partial charge is 0.244 e. The first-order valence-electron chi connectivity index (χ1n) is 6.38. The van der Waals surface area contributed by atoms with Gasteiger partial charge in [-0.15, -0.1) is 0 Å². The summed E-state index contributed by atoms with van der Waals surface area (Å²) in [5.74, 6) is 0.862. The fourth-order valence-electron chi connectivity index (χ4n) is 2.94. The van der Waals surface area contributed by atoms with E-state index in [2.05, 4.69) is 12.2 Å². The second-order valence-electron chi connectivity index (χ2n) is 5.44. The summed E-state index contributed by atoms with van der Waals surface area (Å²) in [7, 11) is 0. The van der Waals surface area contributed by atoms with Crippen molar-refractivity contribution in [2.45, 2.75) is 44.3 Å². The minimum Gasteiger partial charge on any atom is -0.381 e. The Labute approximate surface area is 96.3 Å². The molecule has 1 aliphatic carbocycles. The standard InChI is InChI=1S/C12H20N2O2/c1-9-13-12(4-5-12)11(15)14(9)7-10-3-2-6-16-8-10/h9-10,13H,2-8H2,1H3. The predicted molar refractivity (Wildman–Crippen MR) is 59.8 cm³/mol. The number of rotatable bonds is 2. The van der Waals surface area contributed by atoms with Crippen LogP contribution in [-0.2, 0) is 9.53 Å². The van der Waals surface area contributed by atoms with Gasteiger partial charge in [-0.3, -0.25) is 10.1 Å². The Morgan fingerprint density at radius 2 is 2.38 bits per heavy atom. The van der Waals surface area contributed by atoms with Gasteiger partial charge in [0.05, 0.1) is 18.3 Å². The topological polar surface area (TPSA) is 41.6 Å². The van der Waals surface area contributed by atoms with Crippen LogP contribution in [0.2, 0.25) is 0 Å². The van der Waals surface area contributed by atoms with Gasteiger partial charge >= 0.3 is 0 Å². The summed E-state index contributed by atoms with van der Waals surface area (Å²) in [4.78, 5) is 14.2. The van der Waals surface area contributed by atoms with Crippen LogP contribution in [0, 0.1) is 5.92 Å². The van der Waals surface area contributed by atoms with Gasteiger partial charge in [0.25, 0.3) is 0 Å². The lowest BCUT2D eigenvalue weighted by Gasteiger charge is -2.29. The van der Waals surface area contributed by atoms with Gasteiger partial charge in [0.15, 0.2) is 0 Å². The van der Waals surface area contributed by atoms with E-state index in [1.165, 1.54) is 6.42 Å². The average Bonchev–Trinajstić information content (AvgIpc) is 3.03. The maximum atomic E-state index is 12.2. The predicted octanol–water partition coefficient (Wildman–Crippen LogP) is 0.723. The molecule has 0 bridgehead atoms. The molecule has 3 aliphatic rings. The van der Waals surface area contributed by atoms with Crippen molar-refractivity contribution in [1.82, 2.24) is 10.2 Å². The van der Waals surface area contributed by atoms with Crippen LogP contribution in [-0.4, -0.2) is 42.3 Å². The molecule has 0 aromatic carbocycles. The van der Waals surface area contributed by atoms with Gasteiger partial charge in [-0.1, -0.05) is 0 Å². The molecule has 0 aromatic heterocycles. The van der Waals surface area contributed by atoms with Crippen LogP contribution in [0.5, 0.6) is 0 Å². The summed E-state index contributed by atoms with van der Waals surface area (Å²) in [5.41, 5.74) is -0.158. The fourth-order valence-corrected chi connectivity index (χ4v) is 2.94. The van der Waals surface area contributed by atoms with Gasteiger partial charge in [0, 0.05) is 19.1 Å². The monoisotopic (exact) mass is 224 g/mol. The minimum atomic E-state index is -0.158. The maximum absolute atomic E-state index is 12.2. The molecule has 16 heavy (non-hydrogen) atoms. The lowest BCUT2D eigenvalue weighted by Crippen LogP contribution is -2.40. The van der Waals surface area contributed by atoms with Gasteiger partial charge in [-0.2, -0.15) is 0 Å². The summed E-state index contributed by atoms with van der Waals surface area (Å²) >= 11 is 0. The number of hydrogen-bond acceptors (Lipinski definition) is 3. The molecule has 2 saturated heterocycles. The van der Waals surface area contributed by atoms with Crippen LogP contribution >= 0.6 is 0 Å². The first-order valence-corrected chi connectivity index (χ1v) is 6.38. The van der Waals surface area contributed by atoms with Gasteiger partial charge in [-0.25, -0.2) is 0 Å². The molecular formula is C12H20N2O2. The molecule has 0 aromatic rings. The Balaban J connectivity index is 1.63. The van der Waals surface area contributed by atoms with Crippen molar-refractivity contribution in [3.8, 4) is 0 Å². The van der Waals surface area contributed by atoms with Crippen LogP contribution in [0.25, 0.3) is 0 Å². The molecule has 1 N–H and O–H groups in total. The third-order valence-corrected chi connectivity index (χ3v) is 4.08. The largest absolute Gasteiger partial charge is 0.381 e. The lowest BCUT2D eigenvalue weighted by atomic mass is 10.0. The quantitative estimate of drug-likeness (QED) is 0.751. The van der Waals surface area contributed by atoms with Crippen molar-refractivity contribution in [2.75, 3.05) is 19.8 Å². The number of hydrogen-bond donors (Lipinski definition) is 1. The molecule has 2 aliphatic heterocycles. The van der Waals surface area contributed by atoms with E-state index in [0.29, 0.717) is 11.8 Å². The van der Waals surface area contributed by atoms with Gasteiger partial charge in [0.1, 0.15) is 0 Å². The van der Waals surface area contributed by atoms with Crippen molar-refractivity contribution in [2.24, 2.45) is 5.92 Å².